The zero-order valence-electron chi connectivity index (χ0n) is 4.89. The Balaban J connectivity index is 2.89. The van der Waals surface area contributed by atoms with Crippen LogP contribution in [0.5, 0.6) is 0 Å². The molecule has 1 nitrogen and oxygen atoms in total. The molecule has 0 saturated carbocycles. The Bertz CT molecular complexity index is 207. The van der Waals surface area contributed by atoms with Crippen LogP contribution in [-0.2, 0) is 0 Å². The van der Waals surface area contributed by atoms with Crippen molar-refractivity contribution in [3.05, 3.63) is 29.8 Å². The van der Waals surface area contributed by atoms with E-state index in [4.69, 9.17) is 0 Å². The van der Waals surface area contributed by atoms with Crippen molar-refractivity contribution in [3.8, 4) is 0 Å². The molecule has 54 valence electrons. The van der Waals surface area contributed by atoms with Gasteiger partial charge in [-0.1, -0.05) is 0 Å². The van der Waals surface area contributed by atoms with Crippen LogP contribution in [0.2, 0.25) is 0 Å². The number of nitrogens with zero attached hydrogens (tertiary/aromatic N) is 1. The van der Waals surface area contributed by atoms with Gasteiger partial charge >= 0.3 is 0 Å². The first-order valence-corrected chi connectivity index (χ1v) is 2.60. The smallest absolute Gasteiger partial charge is 0.228 e. The number of halogens is 3. The molecular formula is C6H4F3N. The fourth-order valence-electron chi connectivity index (χ4n) is 0.516. The third-order valence-electron chi connectivity index (χ3n) is 1.00. The first-order chi connectivity index (χ1) is 4.70. The maximum atomic E-state index is 12.0. The van der Waals surface area contributed by atoms with Crippen LogP contribution in [0.15, 0.2) is 18.3 Å². The van der Waals surface area contributed by atoms with Crippen molar-refractivity contribution in [2.75, 3.05) is 0 Å². The minimum absolute atomic E-state index is 0.263. The van der Waals surface area contributed by atoms with Crippen LogP contribution in [0.1, 0.15) is 12.0 Å². The monoisotopic (exact) mass is 147 g/mol. The minimum Gasteiger partial charge on any atom is -0.228 e. The summed E-state index contributed by atoms with van der Waals surface area (Å²) in [5.74, 6) is -0.746. The first kappa shape index (κ1) is 7.05. The summed E-state index contributed by atoms with van der Waals surface area (Å²) in [5.41, 5.74) is -0.263. The number of pyridine rings is 1. The Kier molecular flexibility index (Phi) is 1.89. The molecule has 1 rings (SSSR count). The van der Waals surface area contributed by atoms with Crippen LogP contribution < -0.4 is 0 Å². The molecule has 0 N–H and O–H groups in total. The van der Waals surface area contributed by atoms with Crippen LogP contribution >= 0.6 is 0 Å². The highest BCUT2D eigenvalue weighted by Crippen LogP contribution is 2.16. The van der Waals surface area contributed by atoms with Crippen molar-refractivity contribution in [2.45, 2.75) is 6.43 Å². The normalized spacial score (nSPS) is 10.4. The van der Waals surface area contributed by atoms with Crippen LogP contribution in [0.3, 0.4) is 0 Å². The van der Waals surface area contributed by atoms with Gasteiger partial charge in [-0.15, -0.1) is 0 Å². The van der Waals surface area contributed by atoms with Crippen LogP contribution in [-0.4, -0.2) is 4.98 Å². The van der Waals surface area contributed by atoms with E-state index in [1.54, 1.807) is 0 Å². The molecule has 0 spiro atoms. The second-order valence-corrected chi connectivity index (χ2v) is 1.71. The van der Waals surface area contributed by atoms with Gasteiger partial charge in [0.1, 0.15) is 0 Å². The molecule has 0 amide bonds. The van der Waals surface area contributed by atoms with E-state index in [0.717, 1.165) is 18.3 Å². The Labute approximate surface area is 55.5 Å². The predicted octanol–water partition coefficient (Wildman–Crippen LogP) is 2.16. The fourth-order valence-corrected chi connectivity index (χ4v) is 0.516. The molecule has 0 bridgehead atoms. The summed E-state index contributed by atoms with van der Waals surface area (Å²) >= 11 is 0. The number of hydrogen-bond donors (Lipinski definition) is 0. The van der Waals surface area contributed by atoms with Crippen molar-refractivity contribution in [2.24, 2.45) is 0 Å². The van der Waals surface area contributed by atoms with Gasteiger partial charge in [0, 0.05) is 11.8 Å². The topological polar surface area (TPSA) is 12.9 Å². The summed E-state index contributed by atoms with van der Waals surface area (Å²) in [6.45, 7) is 0. The summed E-state index contributed by atoms with van der Waals surface area (Å²) < 4.78 is 35.5. The highest BCUT2D eigenvalue weighted by molar-refractivity contribution is 5.10. The molecule has 1 aromatic heterocycles. The van der Waals surface area contributed by atoms with E-state index < -0.39 is 12.4 Å². The highest BCUT2D eigenvalue weighted by atomic mass is 19.3. The Morgan fingerprint density at radius 3 is 2.40 bits per heavy atom. The molecule has 0 aliphatic rings. The van der Waals surface area contributed by atoms with Crippen LogP contribution in [0.25, 0.3) is 0 Å². The quantitative estimate of drug-likeness (QED) is 0.554. The molecule has 1 aromatic rings. The standard InChI is InChI=1S/C6H4F3N/c7-5-2-1-4(3-10-5)6(8)9/h1-3,6H. The van der Waals surface area contributed by atoms with E-state index in [2.05, 4.69) is 4.98 Å². The van der Waals surface area contributed by atoms with E-state index in [0.29, 0.717) is 0 Å². The summed E-state index contributed by atoms with van der Waals surface area (Å²) in [6, 6.07) is 1.91. The molecule has 0 fully saturated rings. The van der Waals surface area contributed by atoms with Crippen molar-refractivity contribution < 1.29 is 13.2 Å². The molecule has 1 heterocycles. The molecule has 0 aromatic carbocycles. The van der Waals surface area contributed by atoms with E-state index in [1.807, 2.05) is 0 Å². The van der Waals surface area contributed by atoms with Crippen LogP contribution in [0.4, 0.5) is 13.2 Å². The second kappa shape index (κ2) is 2.68. The van der Waals surface area contributed by atoms with Crippen molar-refractivity contribution in [3.63, 3.8) is 0 Å². The molecule has 0 saturated heterocycles. The summed E-state index contributed by atoms with van der Waals surface area (Å²) in [4.78, 5) is 3.05. The van der Waals surface area contributed by atoms with E-state index in [1.165, 1.54) is 0 Å². The Morgan fingerprint density at radius 2 is 2.00 bits per heavy atom. The Hall–Kier alpha value is -1.06. The lowest BCUT2D eigenvalue weighted by molar-refractivity contribution is 0.150. The van der Waals surface area contributed by atoms with E-state index in [-0.39, 0.29) is 5.56 Å². The van der Waals surface area contributed by atoms with E-state index >= 15 is 0 Å². The lowest BCUT2D eigenvalue weighted by Gasteiger charge is -1.95. The Morgan fingerprint density at radius 1 is 1.30 bits per heavy atom. The minimum atomic E-state index is -2.58. The summed E-state index contributed by atoms with van der Waals surface area (Å²) in [5, 5.41) is 0. The molecular weight excluding hydrogens is 143 g/mol. The van der Waals surface area contributed by atoms with Gasteiger partial charge in [-0.3, -0.25) is 0 Å². The van der Waals surface area contributed by atoms with Gasteiger partial charge in [-0.05, 0) is 12.1 Å². The number of alkyl halides is 2. The molecule has 0 unspecified atom stereocenters. The van der Waals surface area contributed by atoms with Crippen molar-refractivity contribution in [1.82, 2.24) is 4.98 Å². The third-order valence-corrected chi connectivity index (χ3v) is 1.00. The average Bonchev–Trinajstić information content (AvgIpc) is 1.88. The van der Waals surface area contributed by atoms with Gasteiger partial charge in [0.05, 0.1) is 0 Å². The highest BCUT2D eigenvalue weighted by Gasteiger charge is 2.05. The molecule has 4 heteroatoms. The lowest BCUT2D eigenvalue weighted by atomic mass is 10.3. The first-order valence-electron chi connectivity index (χ1n) is 2.60. The number of rotatable bonds is 1. The predicted molar refractivity (Wildman–Crippen MR) is 29.2 cm³/mol. The van der Waals surface area contributed by atoms with Gasteiger partial charge in [0.25, 0.3) is 6.43 Å². The largest absolute Gasteiger partial charge is 0.265 e. The van der Waals surface area contributed by atoms with Gasteiger partial charge in [-0.25, -0.2) is 13.8 Å². The average molecular weight is 147 g/mol. The van der Waals surface area contributed by atoms with E-state index in [9.17, 15) is 13.2 Å². The molecule has 0 aliphatic heterocycles. The summed E-state index contributed by atoms with van der Waals surface area (Å²) in [7, 11) is 0. The van der Waals surface area contributed by atoms with Crippen LogP contribution in [0, 0.1) is 5.95 Å². The fraction of sp³-hybridized carbons (Fsp3) is 0.167. The van der Waals surface area contributed by atoms with Crippen molar-refractivity contribution >= 4 is 0 Å². The molecule has 0 aliphatic carbocycles. The summed E-state index contributed by atoms with van der Waals surface area (Å²) in [6.07, 6.45) is -1.76. The molecule has 10 heavy (non-hydrogen) atoms. The second-order valence-electron chi connectivity index (χ2n) is 1.71. The van der Waals surface area contributed by atoms with Gasteiger partial charge < -0.3 is 0 Å². The molecule has 0 radical (unpaired) electrons. The zero-order chi connectivity index (χ0) is 7.56. The zero-order valence-corrected chi connectivity index (χ0v) is 4.89. The lowest BCUT2D eigenvalue weighted by Crippen LogP contribution is -1.87. The number of hydrogen-bond acceptors (Lipinski definition) is 1. The van der Waals surface area contributed by atoms with Gasteiger partial charge in [0.2, 0.25) is 5.95 Å². The van der Waals surface area contributed by atoms with Crippen molar-refractivity contribution in [1.29, 1.82) is 0 Å². The number of aromatic nitrogens is 1. The van der Waals surface area contributed by atoms with Gasteiger partial charge in [0.15, 0.2) is 0 Å². The van der Waals surface area contributed by atoms with Gasteiger partial charge in [-0.2, -0.15) is 4.39 Å². The third kappa shape index (κ3) is 1.46. The maximum absolute atomic E-state index is 12.0. The SMILES string of the molecule is Fc1ccc(C(F)F)cn1. The molecule has 0 atom stereocenters. The maximum Gasteiger partial charge on any atom is 0.265 e.